The van der Waals surface area contributed by atoms with Gasteiger partial charge in [-0.15, -0.1) is 0 Å². The monoisotopic (exact) mass is 244 g/mol. The third-order valence-corrected chi connectivity index (χ3v) is 5.58. The molecule has 0 aromatic heterocycles. The molecule has 2 saturated carbocycles. The Balaban J connectivity index is 1.92. The van der Waals surface area contributed by atoms with Crippen LogP contribution in [0, 0.1) is 11.8 Å². The van der Waals surface area contributed by atoms with Crippen LogP contribution in [-0.2, 0) is 4.74 Å². The number of ether oxygens (including phenoxy) is 1. The van der Waals surface area contributed by atoms with Gasteiger partial charge in [0.2, 0.25) is 0 Å². The van der Waals surface area contributed by atoms with Crippen LogP contribution in [0.5, 0.6) is 0 Å². The molecule has 3 fully saturated rings. The molecule has 2 aliphatic carbocycles. The topological polar surface area (TPSA) is 9.23 Å². The fourth-order valence-electron chi connectivity index (χ4n) is 3.64. The highest BCUT2D eigenvalue weighted by Crippen LogP contribution is 2.54. The molecular weight excluding hydrogens is 228 g/mol. The van der Waals surface area contributed by atoms with Crippen LogP contribution in [0.15, 0.2) is 0 Å². The molecule has 2 bridgehead atoms. The van der Waals surface area contributed by atoms with E-state index in [0.717, 1.165) is 18.4 Å². The molecule has 0 aromatic rings. The largest absolute Gasteiger partial charge is 0.373 e. The molecule has 0 aromatic carbocycles. The molecule has 2 heteroatoms. The summed E-state index contributed by atoms with van der Waals surface area (Å²) in [6, 6.07) is 0. The van der Waals surface area contributed by atoms with Crippen molar-refractivity contribution < 1.29 is 4.74 Å². The van der Waals surface area contributed by atoms with E-state index in [2.05, 4.69) is 15.9 Å². The van der Waals surface area contributed by atoms with Crippen molar-refractivity contribution in [2.75, 3.05) is 6.61 Å². The molecule has 1 aliphatic heterocycles. The Hall–Kier alpha value is 0.440. The van der Waals surface area contributed by atoms with Crippen LogP contribution in [0.4, 0.5) is 0 Å². The first-order valence-corrected chi connectivity index (χ1v) is 6.51. The fourth-order valence-corrected chi connectivity index (χ4v) is 4.66. The standard InChI is InChI=1S/C11H17BrO/c12-10-3-1-2-9-5-4-8-6-11(9,10)13-7-8/h8-10H,1-7H2. The summed E-state index contributed by atoms with van der Waals surface area (Å²) < 4.78 is 6.13. The van der Waals surface area contributed by atoms with Gasteiger partial charge in [0.05, 0.1) is 12.2 Å². The van der Waals surface area contributed by atoms with Crippen LogP contribution in [0.2, 0.25) is 0 Å². The van der Waals surface area contributed by atoms with Gasteiger partial charge in [0.25, 0.3) is 0 Å². The Morgan fingerprint density at radius 3 is 3.00 bits per heavy atom. The molecule has 1 saturated heterocycles. The van der Waals surface area contributed by atoms with E-state index in [1.165, 1.54) is 38.5 Å². The van der Waals surface area contributed by atoms with Crippen LogP contribution in [0.1, 0.15) is 38.5 Å². The molecule has 1 nitrogen and oxygen atoms in total. The Labute approximate surface area is 88.4 Å². The van der Waals surface area contributed by atoms with Crippen LogP contribution < -0.4 is 0 Å². The molecule has 0 N–H and O–H groups in total. The number of hydrogen-bond donors (Lipinski definition) is 0. The van der Waals surface area contributed by atoms with Crippen molar-refractivity contribution in [2.45, 2.75) is 49.0 Å². The summed E-state index contributed by atoms with van der Waals surface area (Å²) in [6.07, 6.45) is 8.32. The van der Waals surface area contributed by atoms with E-state index in [1.54, 1.807) is 0 Å². The molecule has 3 rings (SSSR count). The van der Waals surface area contributed by atoms with Gasteiger partial charge in [-0.25, -0.2) is 0 Å². The molecule has 1 spiro atoms. The summed E-state index contributed by atoms with van der Waals surface area (Å²) in [7, 11) is 0. The van der Waals surface area contributed by atoms with E-state index in [-0.39, 0.29) is 5.60 Å². The first kappa shape index (κ1) is 8.72. The first-order chi connectivity index (χ1) is 6.31. The predicted octanol–water partition coefficient (Wildman–Crippen LogP) is 3.12. The Kier molecular flexibility index (Phi) is 1.99. The second-order valence-electron chi connectivity index (χ2n) is 5.01. The third kappa shape index (κ3) is 1.14. The van der Waals surface area contributed by atoms with Crippen molar-refractivity contribution in [2.24, 2.45) is 11.8 Å². The van der Waals surface area contributed by atoms with Crippen molar-refractivity contribution in [1.29, 1.82) is 0 Å². The zero-order chi connectivity index (χ0) is 8.89. The lowest BCUT2D eigenvalue weighted by molar-refractivity contribution is -0.0631. The predicted molar refractivity (Wildman–Crippen MR) is 56.1 cm³/mol. The third-order valence-electron chi connectivity index (χ3n) is 4.35. The van der Waals surface area contributed by atoms with E-state index in [4.69, 9.17) is 4.74 Å². The number of halogens is 1. The van der Waals surface area contributed by atoms with Crippen molar-refractivity contribution in [3.05, 3.63) is 0 Å². The SMILES string of the molecule is BrC1CCCC2CCC3COC12C3. The maximum atomic E-state index is 6.13. The number of alkyl halides is 1. The van der Waals surface area contributed by atoms with Crippen LogP contribution >= 0.6 is 15.9 Å². The summed E-state index contributed by atoms with van der Waals surface area (Å²) in [4.78, 5) is 0.643. The summed E-state index contributed by atoms with van der Waals surface area (Å²) in [5.74, 6) is 1.75. The van der Waals surface area contributed by atoms with Gasteiger partial charge in [-0.05, 0) is 43.9 Å². The average Bonchev–Trinajstić information content (AvgIpc) is 2.48. The van der Waals surface area contributed by atoms with Crippen molar-refractivity contribution in [3.8, 4) is 0 Å². The lowest BCUT2D eigenvalue weighted by Gasteiger charge is -2.46. The summed E-state index contributed by atoms with van der Waals surface area (Å²) in [5, 5.41) is 0. The Bertz CT molecular complexity index is 218. The molecule has 0 amide bonds. The Morgan fingerprint density at radius 1 is 1.15 bits per heavy atom. The summed E-state index contributed by atoms with van der Waals surface area (Å²) >= 11 is 3.85. The van der Waals surface area contributed by atoms with Crippen molar-refractivity contribution in [1.82, 2.24) is 0 Å². The minimum atomic E-state index is 0.265. The van der Waals surface area contributed by atoms with Crippen LogP contribution in [0.25, 0.3) is 0 Å². The van der Waals surface area contributed by atoms with E-state index in [0.29, 0.717) is 4.83 Å². The summed E-state index contributed by atoms with van der Waals surface area (Å²) in [6.45, 7) is 1.04. The smallest absolute Gasteiger partial charge is 0.0838 e. The molecule has 3 aliphatic rings. The molecule has 4 atom stereocenters. The number of rotatable bonds is 0. The highest BCUT2D eigenvalue weighted by atomic mass is 79.9. The van der Waals surface area contributed by atoms with Crippen molar-refractivity contribution in [3.63, 3.8) is 0 Å². The van der Waals surface area contributed by atoms with Gasteiger partial charge < -0.3 is 4.74 Å². The van der Waals surface area contributed by atoms with E-state index in [9.17, 15) is 0 Å². The van der Waals surface area contributed by atoms with E-state index in [1.807, 2.05) is 0 Å². The fraction of sp³-hybridized carbons (Fsp3) is 1.00. The van der Waals surface area contributed by atoms with Crippen LogP contribution in [0.3, 0.4) is 0 Å². The van der Waals surface area contributed by atoms with Gasteiger partial charge in [-0.1, -0.05) is 22.4 Å². The number of fused-ring (bicyclic) bond motifs is 1. The van der Waals surface area contributed by atoms with Crippen LogP contribution in [-0.4, -0.2) is 17.0 Å². The minimum absolute atomic E-state index is 0.265. The average molecular weight is 245 g/mol. The zero-order valence-electron chi connectivity index (χ0n) is 7.97. The highest BCUT2D eigenvalue weighted by Gasteiger charge is 2.54. The maximum absolute atomic E-state index is 6.13. The number of hydrogen-bond acceptors (Lipinski definition) is 1. The van der Waals surface area contributed by atoms with E-state index >= 15 is 0 Å². The highest BCUT2D eigenvalue weighted by molar-refractivity contribution is 9.09. The quantitative estimate of drug-likeness (QED) is 0.596. The lowest BCUT2D eigenvalue weighted by Crippen LogP contribution is -2.49. The van der Waals surface area contributed by atoms with Gasteiger partial charge in [0.15, 0.2) is 0 Å². The normalized spacial score (nSPS) is 54.7. The Morgan fingerprint density at radius 2 is 2.08 bits per heavy atom. The molecule has 0 radical (unpaired) electrons. The van der Waals surface area contributed by atoms with Gasteiger partial charge in [0.1, 0.15) is 0 Å². The molecule has 13 heavy (non-hydrogen) atoms. The maximum Gasteiger partial charge on any atom is 0.0838 e. The van der Waals surface area contributed by atoms with Gasteiger partial charge >= 0.3 is 0 Å². The minimum Gasteiger partial charge on any atom is -0.373 e. The second-order valence-corrected chi connectivity index (χ2v) is 6.11. The molecular formula is C11H17BrO. The van der Waals surface area contributed by atoms with Gasteiger partial charge in [0, 0.05) is 4.83 Å². The molecule has 74 valence electrons. The van der Waals surface area contributed by atoms with E-state index < -0.39 is 0 Å². The molecule has 4 unspecified atom stereocenters. The van der Waals surface area contributed by atoms with Gasteiger partial charge in [-0.2, -0.15) is 0 Å². The summed E-state index contributed by atoms with van der Waals surface area (Å²) in [5.41, 5.74) is 0.265. The zero-order valence-corrected chi connectivity index (χ0v) is 9.55. The lowest BCUT2D eigenvalue weighted by atomic mass is 9.66. The molecule has 1 heterocycles. The second kappa shape index (κ2) is 2.96. The van der Waals surface area contributed by atoms with Gasteiger partial charge in [-0.3, -0.25) is 0 Å². The van der Waals surface area contributed by atoms with Crippen molar-refractivity contribution >= 4 is 15.9 Å². The first-order valence-electron chi connectivity index (χ1n) is 5.59.